The van der Waals surface area contributed by atoms with E-state index in [-0.39, 0.29) is 17.7 Å². The van der Waals surface area contributed by atoms with Crippen molar-refractivity contribution < 1.29 is 14.3 Å². The first-order valence-corrected chi connectivity index (χ1v) is 14.8. The molecule has 0 saturated carbocycles. The Morgan fingerprint density at radius 2 is 1.36 bits per heavy atom. The summed E-state index contributed by atoms with van der Waals surface area (Å²) in [4.78, 5) is 0. The van der Waals surface area contributed by atoms with Crippen molar-refractivity contribution in [2.45, 2.75) is 70.8 Å². The maximum Gasteiger partial charge on any atom is 0.262 e. The fourth-order valence-electron chi connectivity index (χ4n) is 4.75. The highest BCUT2D eigenvalue weighted by molar-refractivity contribution is 6.99. The van der Waals surface area contributed by atoms with Crippen LogP contribution < -0.4 is 10.4 Å². The van der Waals surface area contributed by atoms with E-state index in [4.69, 9.17) is 9.16 Å². The second kappa shape index (κ2) is 13.6. The predicted octanol–water partition coefficient (Wildman–Crippen LogP) is 5.70. The van der Waals surface area contributed by atoms with Gasteiger partial charge in [0.15, 0.2) is 0 Å². The Balaban J connectivity index is 1.71. The van der Waals surface area contributed by atoms with Crippen molar-refractivity contribution in [1.29, 1.82) is 0 Å². The molecule has 0 aliphatic carbocycles. The van der Waals surface area contributed by atoms with E-state index in [9.17, 15) is 5.11 Å². The van der Waals surface area contributed by atoms with Gasteiger partial charge in [0.2, 0.25) is 0 Å². The van der Waals surface area contributed by atoms with Crippen molar-refractivity contribution in [3.63, 3.8) is 0 Å². The number of rotatable bonds is 11. The lowest BCUT2D eigenvalue weighted by molar-refractivity contribution is 0.00934. The average Bonchev–Trinajstić information content (AvgIpc) is 2.88. The van der Waals surface area contributed by atoms with Crippen molar-refractivity contribution in [3.05, 3.63) is 96.6 Å². The molecule has 3 aromatic carbocycles. The van der Waals surface area contributed by atoms with Gasteiger partial charge in [0.05, 0.1) is 19.3 Å². The highest BCUT2D eigenvalue weighted by Crippen LogP contribution is 2.36. The minimum atomic E-state index is -2.62. The van der Waals surface area contributed by atoms with Crippen molar-refractivity contribution in [2.75, 3.05) is 6.61 Å². The van der Waals surface area contributed by atoms with Gasteiger partial charge >= 0.3 is 0 Å². The van der Waals surface area contributed by atoms with Gasteiger partial charge in [-0.3, -0.25) is 0 Å². The third-order valence-electron chi connectivity index (χ3n) is 6.47. The first kappa shape index (κ1) is 27.9. The molecule has 4 heteroatoms. The van der Waals surface area contributed by atoms with Gasteiger partial charge in [-0.25, -0.2) is 0 Å². The minimum absolute atomic E-state index is 0.0305. The van der Waals surface area contributed by atoms with Gasteiger partial charge in [-0.05, 0) is 27.4 Å². The summed E-state index contributed by atoms with van der Waals surface area (Å²) in [6, 6.07) is 31.2. The van der Waals surface area contributed by atoms with E-state index in [1.54, 1.807) is 0 Å². The van der Waals surface area contributed by atoms with Crippen LogP contribution in [0.3, 0.4) is 0 Å². The van der Waals surface area contributed by atoms with Gasteiger partial charge in [0.1, 0.15) is 6.10 Å². The first-order chi connectivity index (χ1) is 17.4. The van der Waals surface area contributed by atoms with Crippen LogP contribution in [0.25, 0.3) is 0 Å². The Kier molecular flexibility index (Phi) is 10.5. The number of aliphatic hydroxyl groups is 1. The van der Waals surface area contributed by atoms with Crippen molar-refractivity contribution >= 4 is 18.7 Å². The van der Waals surface area contributed by atoms with Crippen LogP contribution in [0, 0.1) is 11.8 Å². The van der Waals surface area contributed by atoms with Crippen LogP contribution in [0.1, 0.15) is 52.5 Å². The molecule has 0 radical (unpaired) electrons. The van der Waals surface area contributed by atoms with E-state index < -0.39 is 14.4 Å². The monoisotopic (exact) mass is 500 g/mol. The minimum Gasteiger partial charge on any atom is -0.396 e. The molecule has 3 nitrogen and oxygen atoms in total. The lowest BCUT2D eigenvalue weighted by Gasteiger charge is -2.42. The largest absolute Gasteiger partial charge is 0.396 e. The Morgan fingerprint density at radius 3 is 1.86 bits per heavy atom. The molecule has 36 heavy (non-hydrogen) atoms. The number of benzene rings is 3. The molecule has 190 valence electrons. The molecule has 0 aliphatic heterocycles. The zero-order chi connectivity index (χ0) is 25.9. The number of ether oxygens (including phenoxy) is 1. The summed E-state index contributed by atoms with van der Waals surface area (Å²) < 4.78 is 12.9. The predicted molar refractivity (Wildman–Crippen MR) is 152 cm³/mol. The van der Waals surface area contributed by atoms with E-state index >= 15 is 0 Å². The fourth-order valence-corrected chi connectivity index (χ4v) is 9.20. The number of hydrogen-bond acceptors (Lipinski definition) is 3. The molecule has 1 N–H and O–H groups in total. The lowest BCUT2D eigenvalue weighted by atomic mass is 10.1. The summed E-state index contributed by atoms with van der Waals surface area (Å²) in [6.07, 6.45) is 1.60. The van der Waals surface area contributed by atoms with Crippen LogP contribution >= 0.6 is 0 Å². The molecule has 0 amide bonds. The van der Waals surface area contributed by atoms with E-state index in [1.165, 1.54) is 10.4 Å². The second-order valence-electron chi connectivity index (χ2n) is 10.2. The highest BCUT2D eigenvalue weighted by Gasteiger charge is 2.49. The van der Waals surface area contributed by atoms with Crippen molar-refractivity contribution in [2.24, 2.45) is 0 Å². The Hall–Kier alpha value is -2.68. The molecule has 3 rings (SSSR count). The van der Waals surface area contributed by atoms with Gasteiger partial charge in [0.25, 0.3) is 8.32 Å². The average molecular weight is 501 g/mol. The van der Waals surface area contributed by atoms with Gasteiger partial charge < -0.3 is 14.3 Å². The molecular formula is C32H40O3Si. The Morgan fingerprint density at radius 1 is 0.833 bits per heavy atom. The first-order valence-electron chi connectivity index (χ1n) is 12.9. The molecule has 0 spiro atoms. The fraction of sp³-hybridized carbons (Fsp3) is 0.375. The molecule has 0 bridgehead atoms. The zero-order valence-electron chi connectivity index (χ0n) is 22.1. The topological polar surface area (TPSA) is 38.7 Å². The molecule has 3 aromatic rings. The third kappa shape index (κ3) is 7.41. The Bertz CT molecular complexity index is 1040. The van der Waals surface area contributed by atoms with Crippen LogP contribution in [-0.2, 0) is 15.8 Å². The quantitative estimate of drug-likeness (QED) is 0.271. The molecule has 0 aliphatic rings. The molecule has 0 saturated heterocycles. The molecule has 0 fully saturated rings. The van der Waals surface area contributed by atoms with Crippen molar-refractivity contribution in [3.8, 4) is 11.8 Å². The number of aliphatic hydroxyl groups excluding tert-OH is 1. The van der Waals surface area contributed by atoms with Gasteiger partial charge in [0, 0.05) is 6.42 Å². The van der Waals surface area contributed by atoms with Gasteiger partial charge in [-0.2, -0.15) is 0 Å². The van der Waals surface area contributed by atoms with Crippen LogP contribution in [-0.4, -0.2) is 32.2 Å². The third-order valence-corrected chi connectivity index (χ3v) is 11.5. The maximum atomic E-state index is 10.7. The zero-order valence-corrected chi connectivity index (χ0v) is 23.1. The van der Waals surface area contributed by atoms with Crippen molar-refractivity contribution in [1.82, 2.24) is 0 Å². The summed E-state index contributed by atoms with van der Waals surface area (Å²) >= 11 is 0. The smallest absolute Gasteiger partial charge is 0.262 e. The summed E-state index contributed by atoms with van der Waals surface area (Å²) in [5, 5.41) is 13.0. The standard InChI is InChI=1S/C32H40O3Si/c1-5-16-29(34-26-27-17-9-6-10-18-27)25-28(33)19-15-24-35-36(32(2,3)4,30-20-11-7-12-21-30)31-22-13-8-14-23-31/h6-14,17-18,20-23,28-29,33H,5,16,24-26H2,1-4H3/t28?,29-/m0/s1. The van der Waals surface area contributed by atoms with Gasteiger partial charge in [-0.1, -0.05) is 137 Å². The number of hydrogen-bond donors (Lipinski definition) is 1. The summed E-state index contributed by atoms with van der Waals surface area (Å²) in [5.41, 5.74) is 1.14. The van der Waals surface area contributed by atoms with Crippen LogP contribution in [0.5, 0.6) is 0 Å². The molecular weight excluding hydrogens is 460 g/mol. The molecule has 0 heterocycles. The van der Waals surface area contributed by atoms with Crippen LogP contribution in [0.15, 0.2) is 91.0 Å². The van der Waals surface area contributed by atoms with E-state index in [1.807, 2.05) is 30.3 Å². The van der Waals surface area contributed by atoms with Gasteiger partial charge in [-0.15, -0.1) is 0 Å². The van der Waals surface area contributed by atoms with E-state index in [0.29, 0.717) is 13.0 Å². The van der Waals surface area contributed by atoms with E-state index in [2.05, 4.69) is 100 Å². The summed E-state index contributed by atoms with van der Waals surface area (Å²) in [7, 11) is -2.62. The summed E-state index contributed by atoms with van der Waals surface area (Å²) in [5.74, 6) is 6.15. The normalized spacial score (nSPS) is 13.5. The highest BCUT2D eigenvalue weighted by atomic mass is 28.4. The van der Waals surface area contributed by atoms with Crippen LogP contribution in [0.4, 0.5) is 0 Å². The second-order valence-corrected chi connectivity index (χ2v) is 14.5. The Labute approximate surface area is 218 Å². The van der Waals surface area contributed by atoms with Crippen LogP contribution in [0.2, 0.25) is 5.04 Å². The molecule has 2 atom stereocenters. The molecule has 1 unspecified atom stereocenters. The van der Waals surface area contributed by atoms with E-state index in [0.717, 1.165) is 18.4 Å². The SMILES string of the molecule is CCC[C@@H](CC(O)C#CCO[Si](c1ccccc1)(c1ccccc1)C(C)(C)C)OCc1ccccc1. The molecule has 0 aromatic heterocycles. The summed E-state index contributed by atoms with van der Waals surface area (Å²) in [6.45, 7) is 9.70. The lowest BCUT2D eigenvalue weighted by Crippen LogP contribution is -2.66. The maximum absolute atomic E-state index is 10.7.